The Balaban J connectivity index is 3.02. The summed E-state index contributed by atoms with van der Waals surface area (Å²) in [6.45, 7) is 5.32. The maximum Gasteiger partial charge on any atom is 0.242 e. The van der Waals surface area contributed by atoms with Gasteiger partial charge < -0.3 is 0 Å². The van der Waals surface area contributed by atoms with Gasteiger partial charge in [-0.2, -0.15) is 0 Å². The summed E-state index contributed by atoms with van der Waals surface area (Å²) in [4.78, 5) is 3.83. The molecule has 0 aliphatic heterocycles. The van der Waals surface area contributed by atoms with E-state index in [1.54, 1.807) is 20.8 Å². The van der Waals surface area contributed by atoms with E-state index in [0.29, 0.717) is 0 Å². The summed E-state index contributed by atoms with van der Waals surface area (Å²) in [6.07, 6.45) is 1.23. The molecule has 0 radical (unpaired) electrons. The van der Waals surface area contributed by atoms with Crippen molar-refractivity contribution in [2.24, 2.45) is 0 Å². The fourth-order valence-corrected chi connectivity index (χ4v) is 2.46. The Hall–Kier alpha value is -0.650. The quantitative estimate of drug-likeness (QED) is 0.812. The van der Waals surface area contributed by atoms with Crippen molar-refractivity contribution in [2.75, 3.05) is 0 Å². The number of pyridine rings is 1. The van der Waals surface area contributed by atoms with Gasteiger partial charge in [-0.1, -0.05) is 11.6 Å². The van der Waals surface area contributed by atoms with Gasteiger partial charge in [0.25, 0.3) is 0 Å². The van der Waals surface area contributed by atoms with Crippen LogP contribution in [-0.2, 0) is 10.0 Å². The summed E-state index contributed by atoms with van der Waals surface area (Å²) < 4.78 is 26.1. The number of sulfonamides is 1. The minimum Gasteiger partial charge on any atom is -0.243 e. The van der Waals surface area contributed by atoms with Crippen LogP contribution in [0, 0.1) is 0 Å². The molecule has 0 unspecified atom stereocenters. The van der Waals surface area contributed by atoms with Crippen LogP contribution in [-0.4, -0.2) is 18.9 Å². The molecule has 84 valence electrons. The van der Waals surface area contributed by atoms with Gasteiger partial charge in [-0.05, 0) is 32.9 Å². The lowest BCUT2D eigenvalue weighted by atomic mass is 10.1. The molecule has 15 heavy (non-hydrogen) atoms. The summed E-state index contributed by atoms with van der Waals surface area (Å²) in [5, 5.41) is 0.268. The van der Waals surface area contributed by atoms with Crippen LogP contribution >= 0.6 is 11.6 Å². The fraction of sp³-hybridized carbons (Fsp3) is 0.444. The average Bonchev–Trinajstić information content (AvgIpc) is 2.00. The second-order valence-corrected chi connectivity index (χ2v) is 6.24. The Bertz CT molecular complexity index is 434. The summed E-state index contributed by atoms with van der Waals surface area (Å²) in [7, 11) is -3.51. The first kappa shape index (κ1) is 12.4. The highest BCUT2D eigenvalue weighted by Gasteiger charge is 2.21. The molecule has 0 aliphatic carbocycles. The Morgan fingerprint density at radius 2 is 1.93 bits per heavy atom. The lowest BCUT2D eigenvalue weighted by molar-refractivity contribution is 0.491. The predicted molar refractivity (Wildman–Crippen MR) is 59.3 cm³/mol. The second kappa shape index (κ2) is 4.08. The van der Waals surface area contributed by atoms with E-state index < -0.39 is 15.6 Å². The minimum absolute atomic E-state index is 0.113. The van der Waals surface area contributed by atoms with Crippen LogP contribution < -0.4 is 4.72 Å². The van der Waals surface area contributed by atoms with Crippen LogP contribution in [0.5, 0.6) is 0 Å². The van der Waals surface area contributed by atoms with E-state index in [1.165, 1.54) is 18.3 Å². The summed E-state index contributed by atoms with van der Waals surface area (Å²) in [6, 6.07) is 2.86. The van der Waals surface area contributed by atoms with E-state index >= 15 is 0 Å². The van der Waals surface area contributed by atoms with Gasteiger partial charge in [0.15, 0.2) is 0 Å². The van der Waals surface area contributed by atoms with Crippen molar-refractivity contribution in [2.45, 2.75) is 31.2 Å². The van der Waals surface area contributed by atoms with Crippen molar-refractivity contribution in [3.05, 3.63) is 23.5 Å². The summed E-state index contributed by atoms with van der Waals surface area (Å²) >= 11 is 5.57. The van der Waals surface area contributed by atoms with E-state index in [2.05, 4.69) is 9.71 Å². The second-order valence-electron chi connectivity index (χ2n) is 4.17. The third kappa shape index (κ3) is 3.77. The van der Waals surface area contributed by atoms with Crippen LogP contribution in [0.15, 0.2) is 23.2 Å². The number of aromatic nitrogens is 1. The molecule has 4 nitrogen and oxygen atoms in total. The van der Waals surface area contributed by atoms with Gasteiger partial charge in [0.05, 0.1) is 0 Å². The molecule has 1 aromatic rings. The number of hydrogen-bond acceptors (Lipinski definition) is 3. The van der Waals surface area contributed by atoms with Gasteiger partial charge in [-0.3, -0.25) is 0 Å². The molecule has 0 aliphatic rings. The molecule has 6 heteroatoms. The molecular weight excluding hydrogens is 236 g/mol. The highest BCUT2D eigenvalue weighted by Crippen LogP contribution is 2.13. The minimum atomic E-state index is -3.51. The zero-order chi connectivity index (χ0) is 11.7. The number of hydrogen-bond donors (Lipinski definition) is 1. The highest BCUT2D eigenvalue weighted by atomic mass is 35.5. The smallest absolute Gasteiger partial charge is 0.242 e. The van der Waals surface area contributed by atoms with Crippen LogP contribution in [0.1, 0.15) is 20.8 Å². The van der Waals surface area contributed by atoms with Crippen molar-refractivity contribution in [3.8, 4) is 0 Å². The molecular formula is C9H13ClN2O2S. The van der Waals surface area contributed by atoms with E-state index in [1.807, 2.05) is 0 Å². The van der Waals surface area contributed by atoms with Crippen molar-refractivity contribution in [1.29, 1.82) is 0 Å². The lowest BCUT2D eigenvalue weighted by Gasteiger charge is -2.20. The van der Waals surface area contributed by atoms with E-state index in [-0.39, 0.29) is 10.0 Å². The largest absolute Gasteiger partial charge is 0.243 e. The molecule has 1 rings (SSSR count). The number of nitrogens with zero attached hydrogens (tertiary/aromatic N) is 1. The van der Waals surface area contributed by atoms with Gasteiger partial charge in [0.2, 0.25) is 10.0 Å². The Labute approximate surface area is 94.7 Å². The highest BCUT2D eigenvalue weighted by molar-refractivity contribution is 7.89. The molecule has 1 heterocycles. The SMILES string of the molecule is CC(C)(C)NS(=O)(=O)c1ccc(Cl)nc1. The van der Waals surface area contributed by atoms with Crippen molar-refractivity contribution < 1.29 is 8.42 Å². The molecule has 0 aromatic carbocycles. The zero-order valence-electron chi connectivity index (χ0n) is 8.78. The third-order valence-corrected chi connectivity index (χ3v) is 3.42. The molecule has 1 N–H and O–H groups in total. The van der Waals surface area contributed by atoms with Crippen molar-refractivity contribution in [3.63, 3.8) is 0 Å². The first-order valence-corrected chi connectivity index (χ1v) is 6.22. The Kier molecular flexibility index (Phi) is 3.38. The van der Waals surface area contributed by atoms with Gasteiger partial charge in [-0.15, -0.1) is 0 Å². The van der Waals surface area contributed by atoms with Gasteiger partial charge in [-0.25, -0.2) is 18.1 Å². The van der Waals surface area contributed by atoms with Crippen LogP contribution in [0.25, 0.3) is 0 Å². The summed E-state index contributed by atoms with van der Waals surface area (Å²) in [5.41, 5.74) is -0.515. The van der Waals surface area contributed by atoms with Crippen LogP contribution in [0.3, 0.4) is 0 Å². The maximum absolute atomic E-state index is 11.8. The maximum atomic E-state index is 11.8. The van der Waals surface area contributed by atoms with Gasteiger partial charge in [0.1, 0.15) is 10.0 Å². The summed E-state index contributed by atoms with van der Waals surface area (Å²) in [5.74, 6) is 0. The van der Waals surface area contributed by atoms with Crippen LogP contribution in [0.4, 0.5) is 0 Å². The molecule has 0 saturated carbocycles. The van der Waals surface area contributed by atoms with Crippen molar-refractivity contribution in [1.82, 2.24) is 9.71 Å². The molecule has 0 spiro atoms. The number of rotatable bonds is 2. The lowest BCUT2D eigenvalue weighted by Crippen LogP contribution is -2.40. The van der Waals surface area contributed by atoms with Gasteiger partial charge in [0, 0.05) is 11.7 Å². The standard InChI is InChI=1S/C9H13ClN2O2S/c1-9(2,3)12-15(13,14)7-4-5-8(10)11-6-7/h4-6,12H,1-3H3. The van der Waals surface area contributed by atoms with E-state index in [9.17, 15) is 8.42 Å². The normalized spacial score (nSPS) is 12.8. The third-order valence-electron chi connectivity index (χ3n) is 1.45. The first-order valence-electron chi connectivity index (χ1n) is 4.36. The molecule has 0 amide bonds. The first-order chi connectivity index (χ1) is 6.71. The van der Waals surface area contributed by atoms with E-state index in [4.69, 9.17) is 11.6 Å². The van der Waals surface area contributed by atoms with E-state index in [0.717, 1.165) is 0 Å². The average molecular weight is 249 g/mol. The number of halogens is 1. The predicted octanol–water partition coefficient (Wildman–Crippen LogP) is 1.81. The fourth-order valence-electron chi connectivity index (χ4n) is 0.983. The zero-order valence-corrected chi connectivity index (χ0v) is 10.4. The Morgan fingerprint density at radius 1 is 1.33 bits per heavy atom. The van der Waals surface area contributed by atoms with Gasteiger partial charge >= 0.3 is 0 Å². The molecule has 0 atom stereocenters. The Morgan fingerprint density at radius 3 is 2.33 bits per heavy atom. The molecule has 0 saturated heterocycles. The van der Waals surface area contributed by atoms with Crippen molar-refractivity contribution >= 4 is 21.6 Å². The molecule has 0 fully saturated rings. The number of nitrogens with one attached hydrogen (secondary N) is 1. The monoisotopic (exact) mass is 248 g/mol. The molecule has 0 bridgehead atoms. The topological polar surface area (TPSA) is 59.1 Å². The molecule has 1 aromatic heterocycles. The van der Waals surface area contributed by atoms with Crippen LogP contribution in [0.2, 0.25) is 5.15 Å².